The predicted molar refractivity (Wildman–Crippen MR) is 93.5 cm³/mol. The number of amides is 3. The zero-order chi connectivity index (χ0) is 18.8. The fourth-order valence-corrected chi connectivity index (χ4v) is 3.04. The summed E-state index contributed by atoms with van der Waals surface area (Å²) < 4.78 is 0. The van der Waals surface area contributed by atoms with Crippen LogP contribution in [0.1, 0.15) is 12.5 Å². The molecule has 0 saturated carbocycles. The molecule has 3 rings (SSSR count). The van der Waals surface area contributed by atoms with Gasteiger partial charge in [0.05, 0.1) is 12.6 Å². The summed E-state index contributed by atoms with van der Waals surface area (Å²) in [4.78, 5) is 40.7. The number of benzene rings is 1. The van der Waals surface area contributed by atoms with Crippen LogP contribution < -0.4 is 5.32 Å². The number of urea groups is 1. The van der Waals surface area contributed by atoms with E-state index < -0.39 is 36.2 Å². The highest BCUT2D eigenvalue weighted by molar-refractivity contribution is 6.11. The Bertz CT molecular complexity index is 955. The SMILES string of the molecule is CC(=N)C(C#N)C(=O)CN1C(=O)N[C@H](Cc2c[nH]c3ccccc23)C1=O. The minimum atomic E-state index is -1.25. The highest BCUT2D eigenvalue weighted by atomic mass is 16.2. The van der Waals surface area contributed by atoms with Crippen LogP contribution in [0.15, 0.2) is 30.5 Å². The molecule has 8 nitrogen and oxygen atoms in total. The summed E-state index contributed by atoms with van der Waals surface area (Å²) >= 11 is 0. The molecule has 1 aromatic heterocycles. The molecule has 1 aliphatic heterocycles. The van der Waals surface area contributed by atoms with E-state index in [9.17, 15) is 14.4 Å². The number of hydrogen-bond donors (Lipinski definition) is 3. The minimum Gasteiger partial charge on any atom is -0.361 e. The molecule has 1 fully saturated rings. The number of ketones is 1. The van der Waals surface area contributed by atoms with Crippen LogP contribution in [0.4, 0.5) is 4.79 Å². The van der Waals surface area contributed by atoms with Crippen LogP contribution in [0, 0.1) is 22.7 Å². The van der Waals surface area contributed by atoms with Crippen molar-refractivity contribution in [2.24, 2.45) is 5.92 Å². The Morgan fingerprint density at radius 3 is 2.81 bits per heavy atom. The smallest absolute Gasteiger partial charge is 0.325 e. The highest BCUT2D eigenvalue weighted by Crippen LogP contribution is 2.21. The second kappa shape index (κ2) is 6.80. The van der Waals surface area contributed by atoms with Crippen LogP contribution in [-0.2, 0) is 16.0 Å². The van der Waals surface area contributed by atoms with Crippen molar-refractivity contribution in [3.8, 4) is 6.07 Å². The summed E-state index contributed by atoms with van der Waals surface area (Å²) in [6, 6.07) is 7.93. The number of H-pyrrole nitrogens is 1. The van der Waals surface area contributed by atoms with Crippen LogP contribution in [0.2, 0.25) is 0 Å². The summed E-state index contributed by atoms with van der Waals surface area (Å²) in [5.41, 5.74) is 1.71. The van der Waals surface area contributed by atoms with Crippen molar-refractivity contribution in [1.82, 2.24) is 15.2 Å². The Balaban J connectivity index is 1.74. The fourth-order valence-electron chi connectivity index (χ4n) is 3.04. The number of Topliss-reactive ketones (excluding diaryl/α,β-unsaturated/α-hetero) is 1. The molecule has 1 aromatic carbocycles. The van der Waals surface area contributed by atoms with Crippen molar-refractivity contribution >= 4 is 34.3 Å². The van der Waals surface area contributed by atoms with E-state index in [4.69, 9.17) is 10.7 Å². The number of para-hydroxylation sites is 1. The number of nitriles is 1. The quantitative estimate of drug-likeness (QED) is 0.536. The van der Waals surface area contributed by atoms with E-state index in [0.29, 0.717) is 6.42 Å². The maximum Gasteiger partial charge on any atom is 0.325 e. The summed E-state index contributed by atoms with van der Waals surface area (Å²) in [6.07, 6.45) is 2.09. The minimum absolute atomic E-state index is 0.111. The van der Waals surface area contributed by atoms with Gasteiger partial charge in [-0.25, -0.2) is 4.79 Å². The molecule has 2 aromatic rings. The topological polar surface area (TPSA) is 130 Å². The van der Waals surface area contributed by atoms with Gasteiger partial charge in [-0.3, -0.25) is 14.5 Å². The van der Waals surface area contributed by atoms with Crippen molar-refractivity contribution in [3.63, 3.8) is 0 Å². The van der Waals surface area contributed by atoms with Crippen molar-refractivity contribution in [1.29, 1.82) is 10.7 Å². The number of imide groups is 1. The molecule has 2 heterocycles. The Labute approximate surface area is 149 Å². The van der Waals surface area contributed by atoms with Gasteiger partial charge < -0.3 is 15.7 Å². The van der Waals surface area contributed by atoms with E-state index in [1.165, 1.54) is 6.92 Å². The Morgan fingerprint density at radius 1 is 1.38 bits per heavy atom. The van der Waals surface area contributed by atoms with Crippen LogP contribution in [0.5, 0.6) is 0 Å². The maximum atomic E-state index is 12.5. The molecule has 1 unspecified atom stereocenters. The predicted octanol–water partition coefficient (Wildman–Crippen LogP) is 1.38. The van der Waals surface area contributed by atoms with Gasteiger partial charge in [-0.15, -0.1) is 0 Å². The zero-order valence-corrected chi connectivity index (χ0v) is 14.1. The number of carbonyl (C=O) groups is 3. The monoisotopic (exact) mass is 351 g/mol. The summed E-state index contributed by atoms with van der Waals surface area (Å²) in [5.74, 6) is -2.40. The van der Waals surface area contributed by atoms with Gasteiger partial charge in [-0.1, -0.05) is 18.2 Å². The Kier molecular flexibility index (Phi) is 4.54. The van der Waals surface area contributed by atoms with E-state index >= 15 is 0 Å². The molecular weight excluding hydrogens is 334 g/mol. The van der Waals surface area contributed by atoms with Crippen LogP contribution >= 0.6 is 0 Å². The molecule has 8 heteroatoms. The molecular formula is C18H17N5O3. The van der Waals surface area contributed by atoms with E-state index in [0.717, 1.165) is 21.4 Å². The molecule has 2 atom stereocenters. The third-order valence-electron chi connectivity index (χ3n) is 4.40. The number of rotatable bonds is 6. The third kappa shape index (κ3) is 3.07. The first-order valence-electron chi connectivity index (χ1n) is 8.06. The lowest BCUT2D eigenvalue weighted by Gasteiger charge is -2.14. The second-order valence-electron chi connectivity index (χ2n) is 6.20. The van der Waals surface area contributed by atoms with Gasteiger partial charge in [0.15, 0.2) is 5.78 Å². The lowest BCUT2D eigenvalue weighted by molar-refractivity contribution is -0.131. The van der Waals surface area contributed by atoms with Crippen molar-refractivity contribution in [3.05, 3.63) is 36.0 Å². The lowest BCUT2D eigenvalue weighted by atomic mass is 10.0. The molecule has 1 saturated heterocycles. The average molecular weight is 351 g/mol. The summed E-state index contributed by atoms with van der Waals surface area (Å²) in [5, 5.41) is 20.0. The molecule has 26 heavy (non-hydrogen) atoms. The van der Waals surface area contributed by atoms with Gasteiger partial charge in [0.2, 0.25) is 0 Å². The number of carbonyl (C=O) groups excluding carboxylic acids is 3. The second-order valence-corrected chi connectivity index (χ2v) is 6.20. The molecule has 3 amide bonds. The first kappa shape index (κ1) is 17.4. The van der Waals surface area contributed by atoms with Gasteiger partial charge in [0.25, 0.3) is 5.91 Å². The zero-order valence-electron chi connectivity index (χ0n) is 14.1. The van der Waals surface area contributed by atoms with Crippen LogP contribution in [0.3, 0.4) is 0 Å². The van der Waals surface area contributed by atoms with Crippen molar-refractivity contribution in [2.75, 3.05) is 6.54 Å². The molecule has 0 spiro atoms. The number of aromatic amines is 1. The fraction of sp³-hybridized carbons (Fsp3) is 0.278. The molecule has 0 aliphatic carbocycles. The largest absolute Gasteiger partial charge is 0.361 e. The van der Waals surface area contributed by atoms with Crippen molar-refractivity contribution < 1.29 is 14.4 Å². The Morgan fingerprint density at radius 2 is 2.12 bits per heavy atom. The standard InChI is InChI=1S/C18H17N5O3/c1-10(20)13(7-19)16(24)9-23-17(25)15(22-18(23)26)6-11-8-21-14-5-3-2-4-12(11)14/h2-5,8,13,15,20-21H,6,9H2,1H3,(H,22,26)/t13?,15-/m1/s1. The van der Waals surface area contributed by atoms with E-state index in [1.807, 2.05) is 24.3 Å². The van der Waals surface area contributed by atoms with Crippen LogP contribution in [-0.4, -0.2) is 45.9 Å². The van der Waals surface area contributed by atoms with E-state index in [1.54, 1.807) is 12.3 Å². The summed E-state index contributed by atoms with van der Waals surface area (Å²) in [7, 11) is 0. The van der Waals surface area contributed by atoms with Gasteiger partial charge in [-0.05, 0) is 18.6 Å². The maximum absolute atomic E-state index is 12.5. The third-order valence-corrected chi connectivity index (χ3v) is 4.40. The van der Waals surface area contributed by atoms with E-state index in [-0.39, 0.29) is 5.71 Å². The highest BCUT2D eigenvalue weighted by Gasteiger charge is 2.40. The molecule has 0 bridgehead atoms. The number of nitrogens with zero attached hydrogens (tertiary/aromatic N) is 2. The number of hydrogen-bond acceptors (Lipinski definition) is 5. The summed E-state index contributed by atoms with van der Waals surface area (Å²) in [6.45, 7) is 0.834. The van der Waals surface area contributed by atoms with Crippen LogP contribution in [0.25, 0.3) is 10.9 Å². The van der Waals surface area contributed by atoms with Gasteiger partial charge in [0, 0.05) is 29.2 Å². The van der Waals surface area contributed by atoms with E-state index in [2.05, 4.69) is 10.3 Å². The normalized spacial score (nSPS) is 17.8. The number of nitrogens with one attached hydrogen (secondary N) is 3. The molecule has 1 aliphatic rings. The first-order chi connectivity index (χ1) is 12.4. The van der Waals surface area contributed by atoms with Gasteiger partial charge in [0.1, 0.15) is 12.0 Å². The molecule has 132 valence electrons. The first-order valence-corrected chi connectivity index (χ1v) is 8.06. The van der Waals surface area contributed by atoms with Gasteiger partial charge >= 0.3 is 6.03 Å². The average Bonchev–Trinajstić information content (AvgIpc) is 3.12. The molecule has 3 N–H and O–H groups in total. The Hall–Kier alpha value is -3.47. The van der Waals surface area contributed by atoms with Gasteiger partial charge in [-0.2, -0.15) is 5.26 Å². The number of aromatic nitrogens is 1. The van der Waals surface area contributed by atoms with Crippen molar-refractivity contribution in [2.45, 2.75) is 19.4 Å². The number of fused-ring (bicyclic) bond motifs is 1. The molecule has 0 radical (unpaired) electrons. The lowest BCUT2D eigenvalue weighted by Crippen LogP contribution is -2.39.